The molecule has 10 nitrogen and oxygen atoms in total. The zero-order valence-corrected chi connectivity index (χ0v) is 22.7. The second-order valence-electron chi connectivity index (χ2n) is 10.4. The van der Waals surface area contributed by atoms with Gasteiger partial charge in [0.05, 0.1) is 32.6 Å². The SMILES string of the molecule is COc1cc(OC)c(C2(NC(=O)OC(C)(C)C)C(=O)N(C(=O)OC(C)(C)C)c3ccccc32)c(OC)c1. The van der Waals surface area contributed by atoms with Gasteiger partial charge < -0.3 is 23.7 Å². The van der Waals surface area contributed by atoms with Crippen molar-refractivity contribution in [1.29, 1.82) is 0 Å². The second kappa shape index (κ2) is 9.84. The van der Waals surface area contributed by atoms with E-state index < -0.39 is 34.8 Å². The number of carbonyl (C=O) groups excluding carboxylic acids is 3. The fourth-order valence-corrected chi connectivity index (χ4v) is 4.12. The van der Waals surface area contributed by atoms with Crippen molar-refractivity contribution in [2.45, 2.75) is 58.3 Å². The van der Waals surface area contributed by atoms with Crippen LogP contribution in [0.1, 0.15) is 52.7 Å². The van der Waals surface area contributed by atoms with Crippen LogP contribution in [0.5, 0.6) is 17.2 Å². The predicted octanol–water partition coefficient (Wildman–Crippen LogP) is 4.76. The van der Waals surface area contributed by atoms with Crippen LogP contribution in [-0.2, 0) is 19.8 Å². The minimum absolute atomic E-state index is 0.160. The van der Waals surface area contributed by atoms with E-state index in [0.717, 1.165) is 4.90 Å². The monoisotopic (exact) mass is 514 g/mol. The highest BCUT2D eigenvalue weighted by Crippen LogP contribution is 2.51. The molecular formula is C27H34N2O8. The average molecular weight is 515 g/mol. The van der Waals surface area contributed by atoms with Gasteiger partial charge in [-0.25, -0.2) is 14.5 Å². The normalized spacial score (nSPS) is 17.1. The fourth-order valence-electron chi connectivity index (χ4n) is 4.12. The van der Waals surface area contributed by atoms with Gasteiger partial charge in [-0.3, -0.25) is 10.1 Å². The number of nitrogens with zero attached hydrogens (tertiary/aromatic N) is 1. The van der Waals surface area contributed by atoms with Gasteiger partial charge in [0.25, 0.3) is 5.91 Å². The quantitative estimate of drug-likeness (QED) is 0.608. The predicted molar refractivity (Wildman–Crippen MR) is 136 cm³/mol. The molecular weight excluding hydrogens is 480 g/mol. The molecule has 0 saturated carbocycles. The summed E-state index contributed by atoms with van der Waals surface area (Å²) in [6.45, 7) is 10.2. The molecule has 1 heterocycles. The van der Waals surface area contributed by atoms with Crippen molar-refractivity contribution in [3.63, 3.8) is 0 Å². The molecule has 0 spiro atoms. The van der Waals surface area contributed by atoms with Crippen molar-refractivity contribution in [3.05, 3.63) is 47.5 Å². The molecule has 0 aliphatic carbocycles. The van der Waals surface area contributed by atoms with Crippen molar-refractivity contribution in [3.8, 4) is 17.2 Å². The minimum Gasteiger partial charge on any atom is -0.496 e. The van der Waals surface area contributed by atoms with E-state index in [-0.39, 0.29) is 22.7 Å². The number of amides is 3. The number of fused-ring (bicyclic) bond motifs is 1. The van der Waals surface area contributed by atoms with E-state index in [1.54, 1.807) is 77.9 Å². The van der Waals surface area contributed by atoms with Gasteiger partial charge in [-0.1, -0.05) is 18.2 Å². The first kappa shape index (κ1) is 27.6. The molecule has 1 unspecified atom stereocenters. The summed E-state index contributed by atoms with van der Waals surface area (Å²) in [4.78, 5) is 41.9. The number of rotatable bonds is 5. The van der Waals surface area contributed by atoms with Crippen molar-refractivity contribution < 1.29 is 38.1 Å². The summed E-state index contributed by atoms with van der Waals surface area (Å²) in [5.41, 5.74) is -3.03. The number of ether oxygens (including phenoxy) is 5. The van der Waals surface area contributed by atoms with Crippen LogP contribution in [0.4, 0.5) is 15.3 Å². The first-order valence-electron chi connectivity index (χ1n) is 11.7. The first-order chi connectivity index (χ1) is 17.2. The van der Waals surface area contributed by atoms with Crippen LogP contribution in [0.25, 0.3) is 0 Å². The maximum atomic E-state index is 14.4. The Bertz CT molecular complexity index is 1190. The molecule has 3 rings (SSSR count). The number of imide groups is 1. The third kappa shape index (κ3) is 5.28. The third-order valence-corrected chi connectivity index (χ3v) is 5.43. The zero-order valence-electron chi connectivity index (χ0n) is 22.7. The Labute approximate surface area is 216 Å². The molecule has 0 fully saturated rings. The summed E-state index contributed by atoms with van der Waals surface area (Å²) in [5.74, 6) is -0.0360. The summed E-state index contributed by atoms with van der Waals surface area (Å²) in [5, 5.41) is 2.74. The molecule has 0 saturated heterocycles. The lowest BCUT2D eigenvalue weighted by molar-refractivity contribution is -0.122. The van der Waals surface area contributed by atoms with Crippen LogP contribution in [0.2, 0.25) is 0 Å². The lowest BCUT2D eigenvalue weighted by Gasteiger charge is -2.33. The van der Waals surface area contributed by atoms with E-state index in [2.05, 4.69) is 5.32 Å². The summed E-state index contributed by atoms with van der Waals surface area (Å²) >= 11 is 0. The smallest absolute Gasteiger partial charge is 0.421 e. The Balaban J connectivity index is 2.38. The van der Waals surface area contributed by atoms with Crippen LogP contribution in [0, 0.1) is 0 Å². The van der Waals surface area contributed by atoms with Crippen LogP contribution in [0.3, 0.4) is 0 Å². The van der Waals surface area contributed by atoms with Gasteiger partial charge in [0, 0.05) is 17.7 Å². The fraction of sp³-hybridized carbons (Fsp3) is 0.444. The number of hydrogen-bond donors (Lipinski definition) is 1. The Morgan fingerprint density at radius 1 is 0.838 bits per heavy atom. The number of alkyl carbamates (subject to hydrolysis) is 1. The highest BCUT2D eigenvalue weighted by atomic mass is 16.6. The Hall–Kier alpha value is -3.95. The van der Waals surface area contributed by atoms with Gasteiger partial charge in [0.1, 0.15) is 28.5 Å². The average Bonchev–Trinajstić information content (AvgIpc) is 3.03. The highest BCUT2D eigenvalue weighted by molar-refractivity contribution is 6.23. The summed E-state index contributed by atoms with van der Waals surface area (Å²) in [6, 6.07) is 9.72. The Morgan fingerprint density at radius 2 is 1.38 bits per heavy atom. The number of para-hydroxylation sites is 1. The molecule has 1 N–H and O–H groups in total. The van der Waals surface area contributed by atoms with Crippen LogP contribution >= 0.6 is 0 Å². The van der Waals surface area contributed by atoms with E-state index >= 15 is 0 Å². The molecule has 2 aromatic rings. The number of nitrogens with one attached hydrogen (secondary N) is 1. The topological polar surface area (TPSA) is 113 Å². The van der Waals surface area contributed by atoms with E-state index in [0.29, 0.717) is 11.3 Å². The maximum absolute atomic E-state index is 14.4. The van der Waals surface area contributed by atoms with Crippen molar-refractivity contribution in [1.82, 2.24) is 5.32 Å². The number of methoxy groups -OCH3 is 3. The zero-order chi connectivity index (χ0) is 27.8. The highest BCUT2D eigenvalue weighted by Gasteiger charge is 2.59. The number of benzene rings is 2. The molecule has 1 aliphatic rings. The lowest BCUT2D eigenvalue weighted by atomic mass is 9.82. The van der Waals surface area contributed by atoms with Gasteiger partial charge in [-0.05, 0) is 47.6 Å². The minimum atomic E-state index is -1.97. The molecule has 1 atom stereocenters. The maximum Gasteiger partial charge on any atom is 0.421 e. The molecule has 10 heteroatoms. The molecule has 1 aliphatic heterocycles. The molecule has 3 amide bonds. The van der Waals surface area contributed by atoms with E-state index in [9.17, 15) is 14.4 Å². The first-order valence-corrected chi connectivity index (χ1v) is 11.7. The third-order valence-electron chi connectivity index (χ3n) is 5.43. The van der Waals surface area contributed by atoms with Crippen molar-refractivity contribution in [2.75, 3.05) is 26.2 Å². The number of hydrogen-bond acceptors (Lipinski definition) is 8. The van der Waals surface area contributed by atoms with Gasteiger partial charge in [0.15, 0.2) is 5.54 Å². The largest absolute Gasteiger partial charge is 0.496 e. The number of anilines is 1. The van der Waals surface area contributed by atoms with Crippen molar-refractivity contribution >= 4 is 23.8 Å². The van der Waals surface area contributed by atoms with Crippen LogP contribution in [0.15, 0.2) is 36.4 Å². The summed E-state index contributed by atoms with van der Waals surface area (Å²) in [7, 11) is 4.30. The molecule has 0 aromatic heterocycles. The number of carbonyl (C=O) groups is 3. The van der Waals surface area contributed by atoms with Gasteiger partial charge in [0.2, 0.25) is 0 Å². The Kier molecular flexibility index (Phi) is 7.35. The van der Waals surface area contributed by atoms with E-state index in [1.165, 1.54) is 21.3 Å². The van der Waals surface area contributed by atoms with Crippen LogP contribution < -0.4 is 24.4 Å². The summed E-state index contributed by atoms with van der Waals surface area (Å²) < 4.78 is 27.8. The van der Waals surface area contributed by atoms with E-state index in [1.807, 2.05) is 0 Å². The van der Waals surface area contributed by atoms with E-state index in [4.69, 9.17) is 23.7 Å². The molecule has 0 bridgehead atoms. The molecule has 200 valence electrons. The summed E-state index contributed by atoms with van der Waals surface area (Å²) in [6.07, 6.45) is -1.79. The van der Waals surface area contributed by atoms with Crippen molar-refractivity contribution in [2.24, 2.45) is 0 Å². The molecule has 0 radical (unpaired) electrons. The van der Waals surface area contributed by atoms with Crippen LogP contribution in [-0.4, -0.2) is 50.6 Å². The lowest BCUT2D eigenvalue weighted by Crippen LogP contribution is -2.56. The second-order valence-corrected chi connectivity index (χ2v) is 10.4. The molecule has 2 aromatic carbocycles. The Morgan fingerprint density at radius 3 is 1.86 bits per heavy atom. The van der Waals surface area contributed by atoms with Gasteiger partial charge >= 0.3 is 12.2 Å². The standard InChI is InChI=1S/C27H34N2O8/c1-25(2,3)36-23(31)28-27(21-19(34-8)14-16(33-7)15-20(21)35-9)17-12-10-11-13-18(17)29(22(27)30)24(32)37-26(4,5)6/h10-15H,1-9H3,(H,28,31). The van der Waals surface area contributed by atoms with Gasteiger partial charge in [-0.2, -0.15) is 0 Å². The molecule has 37 heavy (non-hydrogen) atoms. The van der Waals surface area contributed by atoms with Gasteiger partial charge in [-0.15, -0.1) is 0 Å².